The Morgan fingerprint density at radius 3 is 2.00 bits per heavy atom. The summed E-state index contributed by atoms with van der Waals surface area (Å²) in [6.45, 7) is 7.87. The Balaban J connectivity index is 0.00000117. The zero-order valence-electron chi connectivity index (χ0n) is 16.4. The van der Waals surface area contributed by atoms with Crippen molar-refractivity contribution >= 4 is 26.8 Å². The van der Waals surface area contributed by atoms with Crippen LogP contribution in [0.3, 0.4) is 0 Å². The van der Waals surface area contributed by atoms with Gasteiger partial charge in [-0.05, 0) is 45.1 Å². The van der Waals surface area contributed by atoms with E-state index >= 15 is 0 Å². The van der Waals surface area contributed by atoms with Crippen LogP contribution >= 0.6 is 9.24 Å². The number of carbonyl (C=O) groups is 3. The van der Waals surface area contributed by atoms with Crippen molar-refractivity contribution in [2.24, 2.45) is 5.92 Å². The minimum atomic E-state index is -0.375. The fourth-order valence-electron chi connectivity index (χ4n) is 4.29. The third kappa shape index (κ3) is 4.45. The highest BCUT2D eigenvalue weighted by molar-refractivity contribution is 7.15. The lowest BCUT2D eigenvalue weighted by Crippen LogP contribution is -2.54. The molecule has 3 heterocycles. The molecule has 0 bridgehead atoms. The van der Waals surface area contributed by atoms with Gasteiger partial charge in [-0.2, -0.15) is 0 Å². The van der Waals surface area contributed by atoms with Gasteiger partial charge < -0.3 is 15.1 Å². The van der Waals surface area contributed by atoms with Crippen molar-refractivity contribution in [3.63, 3.8) is 0 Å². The molecular formula is C19H34N3O3P. The van der Waals surface area contributed by atoms with Gasteiger partial charge in [-0.25, -0.2) is 0 Å². The number of carbonyl (C=O) groups excluding carboxylic acids is 3. The summed E-state index contributed by atoms with van der Waals surface area (Å²) in [5, 5.41) is 3.23. The third-order valence-electron chi connectivity index (χ3n) is 5.61. The summed E-state index contributed by atoms with van der Waals surface area (Å²) >= 11 is 0. The van der Waals surface area contributed by atoms with Crippen molar-refractivity contribution in [1.29, 1.82) is 0 Å². The van der Waals surface area contributed by atoms with Crippen LogP contribution in [0.1, 0.15) is 52.4 Å². The molecule has 1 N–H and O–H groups in total. The summed E-state index contributed by atoms with van der Waals surface area (Å²) < 4.78 is 0. The standard InChI is InChI=1S/C18H29N3O3.CH5P/c1-12(2)16(22)14-7-4-10-20(14)18(24)15-8-5-11-21(15)17(23)13-6-3-9-19-13;1-2/h12-15,19H,3-11H2,1-2H3;2H2,1H3. The molecule has 3 fully saturated rings. The molecule has 6 nitrogen and oxygen atoms in total. The van der Waals surface area contributed by atoms with Gasteiger partial charge in [0.05, 0.1) is 12.1 Å². The summed E-state index contributed by atoms with van der Waals surface area (Å²) in [5.41, 5.74) is 0. The lowest BCUT2D eigenvalue weighted by molar-refractivity contribution is -0.147. The van der Waals surface area contributed by atoms with Gasteiger partial charge >= 0.3 is 0 Å². The minimum Gasteiger partial charge on any atom is -0.331 e. The van der Waals surface area contributed by atoms with Crippen LogP contribution in [0.2, 0.25) is 0 Å². The smallest absolute Gasteiger partial charge is 0.245 e. The van der Waals surface area contributed by atoms with Crippen molar-refractivity contribution in [2.75, 3.05) is 26.3 Å². The normalized spacial score (nSPS) is 28.3. The van der Waals surface area contributed by atoms with Crippen molar-refractivity contribution in [1.82, 2.24) is 15.1 Å². The second-order valence-electron chi connectivity index (χ2n) is 7.59. The van der Waals surface area contributed by atoms with E-state index in [2.05, 4.69) is 14.6 Å². The van der Waals surface area contributed by atoms with Crippen molar-refractivity contribution in [3.05, 3.63) is 0 Å². The van der Waals surface area contributed by atoms with E-state index in [1.54, 1.807) is 9.80 Å². The molecule has 3 rings (SSSR count). The Hall–Kier alpha value is -1.00. The monoisotopic (exact) mass is 383 g/mol. The van der Waals surface area contributed by atoms with Crippen LogP contribution in [0.5, 0.6) is 0 Å². The molecule has 7 heteroatoms. The lowest BCUT2D eigenvalue weighted by Gasteiger charge is -2.32. The largest absolute Gasteiger partial charge is 0.331 e. The Morgan fingerprint density at radius 1 is 0.885 bits per heavy atom. The van der Waals surface area contributed by atoms with Crippen LogP contribution in [0.4, 0.5) is 0 Å². The Bertz CT molecular complexity index is 520. The molecule has 0 aromatic heterocycles. The Kier molecular flexibility index (Phi) is 8.03. The van der Waals surface area contributed by atoms with Crippen molar-refractivity contribution < 1.29 is 14.4 Å². The Labute approximate surface area is 159 Å². The first kappa shape index (κ1) is 21.3. The first-order valence-electron chi connectivity index (χ1n) is 9.96. The summed E-state index contributed by atoms with van der Waals surface area (Å²) in [6.07, 6.45) is 5.09. The number of likely N-dealkylation sites (tertiary alicyclic amines) is 2. The van der Waals surface area contributed by atoms with E-state index in [0.717, 1.165) is 45.1 Å². The molecule has 3 aliphatic heterocycles. The second-order valence-corrected chi connectivity index (χ2v) is 7.59. The zero-order valence-corrected chi connectivity index (χ0v) is 17.5. The van der Waals surface area contributed by atoms with Crippen LogP contribution < -0.4 is 5.32 Å². The first-order chi connectivity index (χ1) is 12.5. The molecule has 0 aliphatic carbocycles. The molecule has 2 amide bonds. The molecule has 3 aliphatic rings. The number of hydrogen-bond donors (Lipinski definition) is 1. The van der Waals surface area contributed by atoms with E-state index in [4.69, 9.17) is 0 Å². The van der Waals surface area contributed by atoms with Gasteiger partial charge in [-0.1, -0.05) is 20.5 Å². The summed E-state index contributed by atoms with van der Waals surface area (Å²) in [6, 6.07) is -0.801. The quantitative estimate of drug-likeness (QED) is 0.746. The van der Waals surface area contributed by atoms with Crippen LogP contribution in [0.15, 0.2) is 0 Å². The first-order valence-corrected chi connectivity index (χ1v) is 11.1. The van der Waals surface area contributed by atoms with E-state index < -0.39 is 0 Å². The van der Waals surface area contributed by atoms with Gasteiger partial charge in [0.1, 0.15) is 6.04 Å². The SMILES string of the molecule is CC(C)C(=O)C1CCCN1C(=O)C1CCCN1C(=O)C1CCCN1.CP. The average Bonchev–Trinajstić information content (AvgIpc) is 3.42. The van der Waals surface area contributed by atoms with Crippen LogP contribution in [-0.2, 0) is 14.4 Å². The van der Waals surface area contributed by atoms with Gasteiger partial charge in [0.25, 0.3) is 0 Å². The van der Waals surface area contributed by atoms with E-state index in [1.165, 1.54) is 0 Å². The van der Waals surface area contributed by atoms with Crippen molar-refractivity contribution in [3.8, 4) is 0 Å². The van der Waals surface area contributed by atoms with E-state index in [9.17, 15) is 14.4 Å². The predicted octanol–water partition coefficient (Wildman–Crippen LogP) is 1.44. The third-order valence-corrected chi connectivity index (χ3v) is 5.61. The fraction of sp³-hybridized carbons (Fsp3) is 0.842. The molecule has 26 heavy (non-hydrogen) atoms. The molecular weight excluding hydrogens is 349 g/mol. The summed E-state index contributed by atoms with van der Waals surface area (Å²) in [7, 11) is 2.42. The molecule has 0 aromatic rings. The van der Waals surface area contributed by atoms with Gasteiger partial charge in [0.15, 0.2) is 5.78 Å². The maximum absolute atomic E-state index is 13.1. The molecule has 148 valence electrons. The topological polar surface area (TPSA) is 69.7 Å². The number of amides is 2. The molecule has 4 unspecified atom stereocenters. The molecule has 0 spiro atoms. The second kappa shape index (κ2) is 9.80. The molecule has 0 radical (unpaired) electrons. The highest BCUT2D eigenvalue weighted by Gasteiger charge is 2.43. The van der Waals surface area contributed by atoms with Gasteiger partial charge in [0, 0.05) is 19.0 Å². The number of hydrogen-bond acceptors (Lipinski definition) is 4. The molecule has 0 aromatic carbocycles. The van der Waals surface area contributed by atoms with E-state index in [1.807, 2.05) is 20.5 Å². The van der Waals surface area contributed by atoms with Crippen LogP contribution in [-0.4, -0.2) is 71.8 Å². The van der Waals surface area contributed by atoms with Gasteiger partial charge in [0.2, 0.25) is 11.8 Å². The predicted molar refractivity (Wildman–Crippen MR) is 106 cm³/mol. The number of ketones is 1. The number of Topliss-reactive ketones (excluding diaryl/α,β-unsaturated/α-hetero) is 1. The maximum atomic E-state index is 13.1. The number of nitrogens with one attached hydrogen (secondary N) is 1. The fourth-order valence-corrected chi connectivity index (χ4v) is 4.29. The minimum absolute atomic E-state index is 0.0182. The molecule has 0 saturated carbocycles. The highest BCUT2D eigenvalue weighted by Crippen LogP contribution is 2.27. The molecule has 4 atom stereocenters. The number of nitrogens with zero attached hydrogens (tertiary/aromatic N) is 2. The van der Waals surface area contributed by atoms with Crippen molar-refractivity contribution in [2.45, 2.75) is 70.5 Å². The van der Waals surface area contributed by atoms with Gasteiger partial charge in [-0.3, -0.25) is 14.4 Å². The number of rotatable bonds is 4. The summed E-state index contributed by atoms with van der Waals surface area (Å²) in [5.74, 6) is 0.131. The van der Waals surface area contributed by atoms with E-state index in [0.29, 0.717) is 13.1 Å². The van der Waals surface area contributed by atoms with Crippen LogP contribution in [0.25, 0.3) is 0 Å². The zero-order chi connectivity index (χ0) is 19.3. The lowest BCUT2D eigenvalue weighted by atomic mass is 9.99. The maximum Gasteiger partial charge on any atom is 0.245 e. The molecule has 3 saturated heterocycles. The highest BCUT2D eigenvalue weighted by atomic mass is 31.0. The van der Waals surface area contributed by atoms with Crippen LogP contribution in [0, 0.1) is 5.92 Å². The van der Waals surface area contributed by atoms with Gasteiger partial charge in [-0.15, -0.1) is 9.24 Å². The summed E-state index contributed by atoms with van der Waals surface area (Å²) in [4.78, 5) is 41.7. The Morgan fingerprint density at radius 2 is 1.46 bits per heavy atom. The van der Waals surface area contributed by atoms with E-state index in [-0.39, 0.29) is 41.6 Å². The average molecular weight is 383 g/mol.